The van der Waals surface area contributed by atoms with Crippen molar-refractivity contribution >= 4 is 32.6 Å². The Morgan fingerprint density at radius 2 is 1.86 bits per heavy atom. The van der Waals surface area contributed by atoms with Crippen molar-refractivity contribution in [2.45, 2.75) is 54.6 Å². The summed E-state index contributed by atoms with van der Waals surface area (Å²) < 4.78 is 57.9. The summed E-state index contributed by atoms with van der Waals surface area (Å²) in [6.45, 7) is 2.48. The van der Waals surface area contributed by atoms with Gasteiger partial charge in [-0.25, -0.2) is 8.42 Å². The van der Waals surface area contributed by atoms with Gasteiger partial charge in [-0.1, -0.05) is 55.2 Å². The fourth-order valence-corrected chi connectivity index (χ4v) is 4.95. The first-order valence-corrected chi connectivity index (χ1v) is 10.1. The van der Waals surface area contributed by atoms with Gasteiger partial charge >= 0.3 is 5.25 Å². The van der Waals surface area contributed by atoms with Crippen molar-refractivity contribution in [3.8, 4) is 0 Å². The molecule has 8 heteroatoms. The molecule has 0 aliphatic carbocycles. The van der Waals surface area contributed by atoms with Gasteiger partial charge in [0.05, 0.1) is 13.2 Å². The van der Waals surface area contributed by atoms with Crippen LogP contribution in [0.4, 0.5) is 8.78 Å². The van der Waals surface area contributed by atoms with Crippen LogP contribution in [-0.4, -0.2) is 48.2 Å². The lowest BCUT2D eigenvalue weighted by Gasteiger charge is -2.30. The first-order valence-electron chi connectivity index (χ1n) is 7.40. The van der Waals surface area contributed by atoms with Crippen molar-refractivity contribution < 1.29 is 21.9 Å². The van der Waals surface area contributed by atoms with Crippen LogP contribution in [0.3, 0.4) is 0 Å². The molecule has 1 fully saturated rings. The average molecular weight is 439 g/mol. The molecular formula is C13H24F2INO3S. The monoisotopic (exact) mass is 439 g/mol. The third kappa shape index (κ3) is 5.87. The number of rotatable bonds is 9. The van der Waals surface area contributed by atoms with Crippen LogP contribution in [0.5, 0.6) is 0 Å². The van der Waals surface area contributed by atoms with E-state index >= 15 is 0 Å². The zero-order valence-corrected chi connectivity index (χ0v) is 15.3. The third-order valence-electron chi connectivity index (χ3n) is 3.52. The lowest BCUT2D eigenvalue weighted by molar-refractivity contribution is 0.0475. The fraction of sp³-hybridized carbons (Fsp3) is 1.00. The molecule has 0 bridgehead atoms. The molecule has 1 rings (SSSR count). The standard InChI is InChI=1S/C13H24F2INO3S/c1-2-3-4-5-6-12(16)11-13(14,15)21(18,19)17-7-9-20-10-8-17/h12H,2-11H2,1H3. The van der Waals surface area contributed by atoms with E-state index in [-0.39, 0.29) is 30.2 Å². The zero-order chi connectivity index (χ0) is 15.9. The topological polar surface area (TPSA) is 46.6 Å². The number of alkyl halides is 3. The smallest absolute Gasteiger partial charge is 0.360 e. The molecule has 0 saturated carbocycles. The van der Waals surface area contributed by atoms with Crippen LogP contribution in [0.2, 0.25) is 0 Å². The molecule has 4 nitrogen and oxygen atoms in total. The van der Waals surface area contributed by atoms with Crippen LogP contribution in [0.25, 0.3) is 0 Å². The van der Waals surface area contributed by atoms with Crippen LogP contribution in [0, 0.1) is 0 Å². The highest BCUT2D eigenvalue weighted by Crippen LogP contribution is 2.34. The first-order chi connectivity index (χ1) is 9.81. The van der Waals surface area contributed by atoms with E-state index in [1.54, 1.807) is 0 Å². The van der Waals surface area contributed by atoms with Gasteiger partial charge in [-0.05, 0) is 6.42 Å². The zero-order valence-electron chi connectivity index (χ0n) is 12.4. The maximum atomic E-state index is 14.1. The van der Waals surface area contributed by atoms with E-state index in [0.29, 0.717) is 6.42 Å². The van der Waals surface area contributed by atoms with Crippen molar-refractivity contribution in [3.05, 3.63) is 0 Å². The van der Waals surface area contributed by atoms with Crippen molar-refractivity contribution in [2.24, 2.45) is 0 Å². The quantitative estimate of drug-likeness (QED) is 0.314. The lowest BCUT2D eigenvalue weighted by Crippen LogP contribution is -2.48. The molecule has 0 aromatic heterocycles. The molecule has 126 valence electrons. The van der Waals surface area contributed by atoms with E-state index in [1.165, 1.54) is 0 Å². The number of hydrogen-bond donors (Lipinski definition) is 0. The number of unbranched alkanes of at least 4 members (excludes halogenated alkanes) is 3. The average Bonchev–Trinajstić information content (AvgIpc) is 2.44. The fourth-order valence-electron chi connectivity index (χ4n) is 2.23. The number of ether oxygens (including phenoxy) is 1. The van der Waals surface area contributed by atoms with Crippen molar-refractivity contribution in [1.82, 2.24) is 4.31 Å². The summed E-state index contributed by atoms with van der Waals surface area (Å²) in [5.41, 5.74) is 0. The molecule has 1 heterocycles. The van der Waals surface area contributed by atoms with Crippen LogP contribution in [-0.2, 0) is 14.8 Å². The summed E-state index contributed by atoms with van der Waals surface area (Å²) in [6.07, 6.45) is 4.08. The minimum atomic E-state index is -4.58. The molecule has 0 spiro atoms. The molecule has 1 atom stereocenters. The molecular weight excluding hydrogens is 415 g/mol. The molecule has 21 heavy (non-hydrogen) atoms. The Hall–Kier alpha value is 0.460. The van der Waals surface area contributed by atoms with Crippen molar-refractivity contribution in [1.29, 1.82) is 0 Å². The predicted octanol–water partition coefficient (Wildman–Crippen LogP) is 3.41. The molecule has 0 N–H and O–H groups in total. The summed E-state index contributed by atoms with van der Waals surface area (Å²) in [5, 5.41) is -3.69. The molecule has 0 amide bonds. The van der Waals surface area contributed by atoms with Crippen molar-refractivity contribution in [3.63, 3.8) is 0 Å². The Morgan fingerprint density at radius 1 is 1.24 bits per heavy atom. The van der Waals surface area contributed by atoms with E-state index in [9.17, 15) is 17.2 Å². The van der Waals surface area contributed by atoms with Crippen LogP contribution < -0.4 is 0 Å². The second-order valence-electron chi connectivity index (χ2n) is 5.30. The van der Waals surface area contributed by atoms with E-state index in [4.69, 9.17) is 4.74 Å². The Labute approximate surface area is 139 Å². The maximum Gasteiger partial charge on any atom is 0.360 e. The number of sulfonamides is 1. The second-order valence-corrected chi connectivity index (χ2v) is 9.13. The Bertz CT molecular complexity index is 400. The van der Waals surface area contributed by atoms with E-state index in [0.717, 1.165) is 30.0 Å². The minimum absolute atomic E-state index is 0.0142. The van der Waals surface area contributed by atoms with Crippen LogP contribution in [0.1, 0.15) is 45.4 Å². The number of morpholine rings is 1. The normalized spacial score (nSPS) is 19.6. The first kappa shape index (κ1) is 19.5. The lowest BCUT2D eigenvalue weighted by atomic mass is 10.1. The summed E-state index contributed by atoms with van der Waals surface area (Å²) in [7, 11) is -4.58. The van der Waals surface area contributed by atoms with E-state index < -0.39 is 21.7 Å². The summed E-state index contributed by atoms with van der Waals surface area (Å²) in [5.74, 6) is 0. The number of halogens is 3. The Kier molecular flexibility index (Phi) is 8.29. The molecule has 1 saturated heterocycles. The van der Waals surface area contributed by atoms with Gasteiger partial charge in [0, 0.05) is 23.4 Å². The van der Waals surface area contributed by atoms with Gasteiger partial charge in [0.25, 0.3) is 10.0 Å². The molecule has 0 aromatic rings. The summed E-state index contributed by atoms with van der Waals surface area (Å²) >= 11 is 1.94. The van der Waals surface area contributed by atoms with E-state index in [1.807, 2.05) is 22.6 Å². The van der Waals surface area contributed by atoms with Crippen LogP contribution in [0.15, 0.2) is 0 Å². The molecule has 1 aliphatic heterocycles. The van der Waals surface area contributed by atoms with Gasteiger partial charge in [0.2, 0.25) is 0 Å². The summed E-state index contributed by atoms with van der Waals surface area (Å²) in [4.78, 5) is 0. The van der Waals surface area contributed by atoms with Gasteiger partial charge in [-0.2, -0.15) is 13.1 Å². The van der Waals surface area contributed by atoms with Gasteiger partial charge in [0.1, 0.15) is 0 Å². The van der Waals surface area contributed by atoms with Crippen LogP contribution >= 0.6 is 22.6 Å². The number of nitrogens with zero attached hydrogens (tertiary/aromatic N) is 1. The Balaban J connectivity index is 2.53. The molecule has 1 unspecified atom stereocenters. The number of hydrogen-bond acceptors (Lipinski definition) is 3. The molecule has 0 radical (unpaired) electrons. The van der Waals surface area contributed by atoms with Gasteiger partial charge in [-0.15, -0.1) is 0 Å². The molecule has 1 aliphatic rings. The minimum Gasteiger partial charge on any atom is -0.379 e. The SMILES string of the molecule is CCCCCCC(I)CC(F)(F)S(=O)(=O)N1CCOCC1. The maximum absolute atomic E-state index is 14.1. The predicted molar refractivity (Wildman–Crippen MR) is 87.4 cm³/mol. The molecule has 0 aromatic carbocycles. The van der Waals surface area contributed by atoms with Gasteiger partial charge in [0.15, 0.2) is 0 Å². The highest BCUT2D eigenvalue weighted by Gasteiger charge is 2.49. The van der Waals surface area contributed by atoms with Gasteiger partial charge < -0.3 is 4.74 Å². The summed E-state index contributed by atoms with van der Waals surface area (Å²) in [6, 6.07) is 0. The Morgan fingerprint density at radius 3 is 2.43 bits per heavy atom. The van der Waals surface area contributed by atoms with E-state index in [2.05, 4.69) is 6.92 Å². The third-order valence-corrected chi connectivity index (χ3v) is 6.55. The highest BCUT2D eigenvalue weighted by molar-refractivity contribution is 14.1. The largest absolute Gasteiger partial charge is 0.379 e. The second kappa shape index (κ2) is 8.93. The van der Waals surface area contributed by atoms with Crippen molar-refractivity contribution in [2.75, 3.05) is 26.3 Å². The highest BCUT2D eigenvalue weighted by atomic mass is 127. The van der Waals surface area contributed by atoms with Gasteiger partial charge in [-0.3, -0.25) is 0 Å².